The van der Waals surface area contributed by atoms with E-state index in [0.29, 0.717) is 16.9 Å². The van der Waals surface area contributed by atoms with Crippen molar-refractivity contribution in [1.82, 2.24) is 15.2 Å². The summed E-state index contributed by atoms with van der Waals surface area (Å²) < 4.78 is 6.61. The van der Waals surface area contributed by atoms with Gasteiger partial charge >= 0.3 is 0 Å². The molecule has 0 fully saturated rings. The first-order valence-electron chi connectivity index (χ1n) is 4.93. The van der Waals surface area contributed by atoms with Crippen molar-refractivity contribution >= 4 is 38.9 Å². The second-order valence-electron chi connectivity index (χ2n) is 3.39. The van der Waals surface area contributed by atoms with Crippen LogP contribution in [0.25, 0.3) is 22.2 Å². The number of thiophene rings is 1. The van der Waals surface area contributed by atoms with E-state index in [1.165, 1.54) is 11.3 Å². The van der Waals surface area contributed by atoms with E-state index in [2.05, 4.69) is 31.1 Å². The molecular formula is C11H5BrClN3OS. The van der Waals surface area contributed by atoms with Gasteiger partial charge in [-0.2, -0.15) is 0 Å². The van der Waals surface area contributed by atoms with Crippen molar-refractivity contribution in [3.05, 3.63) is 39.4 Å². The zero-order chi connectivity index (χ0) is 12.5. The van der Waals surface area contributed by atoms with Gasteiger partial charge in [-0.25, -0.2) is 4.98 Å². The number of aromatic nitrogens is 3. The van der Waals surface area contributed by atoms with Gasteiger partial charge in [0.15, 0.2) is 0 Å². The minimum atomic E-state index is 0.429. The molecule has 0 N–H and O–H groups in total. The SMILES string of the molecule is Clc1ccc(-c2nnc(-c3ccc(Br)s3)o2)cn1. The average molecular weight is 343 g/mol. The van der Waals surface area contributed by atoms with Crippen LogP contribution in [0.4, 0.5) is 0 Å². The summed E-state index contributed by atoms with van der Waals surface area (Å²) in [7, 11) is 0. The van der Waals surface area contributed by atoms with Gasteiger partial charge < -0.3 is 4.42 Å². The summed E-state index contributed by atoms with van der Waals surface area (Å²) in [6, 6.07) is 7.33. The highest BCUT2D eigenvalue weighted by Gasteiger charge is 2.12. The average Bonchev–Trinajstić information content (AvgIpc) is 2.98. The van der Waals surface area contributed by atoms with E-state index in [-0.39, 0.29) is 0 Å². The number of hydrogen-bond donors (Lipinski definition) is 0. The molecule has 18 heavy (non-hydrogen) atoms. The molecule has 3 heterocycles. The third-order valence-electron chi connectivity index (χ3n) is 2.18. The smallest absolute Gasteiger partial charge is 0.258 e. The van der Waals surface area contributed by atoms with Crippen LogP contribution in [0.1, 0.15) is 0 Å². The van der Waals surface area contributed by atoms with Crippen molar-refractivity contribution in [3.8, 4) is 22.2 Å². The number of hydrogen-bond acceptors (Lipinski definition) is 5. The Morgan fingerprint density at radius 1 is 1.11 bits per heavy atom. The zero-order valence-electron chi connectivity index (χ0n) is 8.80. The Hall–Kier alpha value is -1.24. The normalized spacial score (nSPS) is 10.8. The van der Waals surface area contributed by atoms with Crippen LogP contribution in [0.15, 0.2) is 38.7 Å². The van der Waals surface area contributed by atoms with Gasteiger partial charge in [0.2, 0.25) is 5.89 Å². The van der Waals surface area contributed by atoms with Crippen molar-refractivity contribution < 1.29 is 4.42 Å². The second kappa shape index (κ2) is 4.79. The Bertz CT molecular complexity index is 680. The molecule has 0 saturated heterocycles. The fourth-order valence-electron chi connectivity index (χ4n) is 1.37. The lowest BCUT2D eigenvalue weighted by Crippen LogP contribution is -1.79. The van der Waals surface area contributed by atoms with Crippen LogP contribution in [0.5, 0.6) is 0 Å². The first-order chi connectivity index (χ1) is 8.72. The topological polar surface area (TPSA) is 51.8 Å². The summed E-state index contributed by atoms with van der Waals surface area (Å²) in [5.41, 5.74) is 0.744. The van der Waals surface area contributed by atoms with Crippen molar-refractivity contribution in [1.29, 1.82) is 0 Å². The molecule has 0 saturated carbocycles. The predicted octanol–water partition coefficient (Wildman–Crippen LogP) is 4.28. The van der Waals surface area contributed by atoms with E-state index in [1.54, 1.807) is 18.3 Å². The molecule has 0 atom stereocenters. The lowest BCUT2D eigenvalue weighted by atomic mass is 10.3. The van der Waals surface area contributed by atoms with Crippen LogP contribution in [-0.2, 0) is 0 Å². The van der Waals surface area contributed by atoms with Crippen LogP contribution in [0.3, 0.4) is 0 Å². The van der Waals surface area contributed by atoms with Crippen LogP contribution >= 0.6 is 38.9 Å². The third kappa shape index (κ3) is 2.31. The quantitative estimate of drug-likeness (QED) is 0.652. The Kier molecular flexibility index (Phi) is 3.15. The molecule has 0 unspecified atom stereocenters. The highest BCUT2D eigenvalue weighted by Crippen LogP contribution is 2.31. The summed E-state index contributed by atoms with van der Waals surface area (Å²) >= 11 is 10.7. The lowest BCUT2D eigenvalue weighted by Gasteiger charge is -1.93. The maximum absolute atomic E-state index is 5.72. The van der Waals surface area contributed by atoms with Crippen molar-refractivity contribution in [2.75, 3.05) is 0 Å². The first-order valence-corrected chi connectivity index (χ1v) is 6.92. The molecule has 0 bridgehead atoms. The lowest BCUT2D eigenvalue weighted by molar-refractivity contribution is 0.586. The van der Waals surface area contributed by atoms with E-state index in [9.17, 15) is 0 Å². The number of halogens is 2. The fourth-order valence-corrected chi connectivity index (χ4v) is 2.79. The summed E-state index contributed by atoms with van der Waals surface area (Å²) in [6.07, 6.45) is 1.60. The Balaban J connectivity index is 1.96. The monoisotopic (exact) mass is 341 g/mol. The first kappa shape index (κ1) is 11.8. The van der Waals surface area contributed by atoms with Crippen LogP contribution in [0.2, 0.25) is 5.15 Å². The van der Waals surface area contributed by atoms with Gasteiger partial charge in [-0.3, -0.25) is 0 Å². The molecule has 0 aliphatic carbocycles. The Morgan fingerprint density at radius 2 is 1.94 bits per heavy atom. The molecule has 0 amide bonds. The van der Waals surface area contributed by atoms with Gasteiger partial charge in [0.25, 0.3) is 5.89 Å². The maximum atomic E-state index is 5.72. The molecule has 4 nitrogen and oxygen atoms in total. The summed E-state index contributed by atoms with van der Waals surface area (Å²) in [6.45, 7) is 0. The maximum Gasteiger partial charge on any atom is 0.258 e. The molecule has 3 aromatic heterocycles. The van der Waals surface area contributed by atoms with E-state index in [0.717, 1.165) is 14.2 Å². The van der Waals surface area contributed by atoms with Gasteiger partial charge in [0.05, 0.1) is 14.2 Å². The Labute approximate surface area is 120 Å². The molecule has 3 rings (SSSR count). The number of rotatable bonds is 2. The zero-order valence-corrected chi connectivity index (χ0v) is 12.0. The van der Waals surface area contributed by atoms with E-state index >= 15 is 0 Å². The van der Waals surface area contributed by atoms with Crippen molar-refractivity contribution in [2.45, 2.75) is 0 Å². The fraction of sp³-hybridized carbons (Fsp3) is 0. The van der Waals surface area contributed by atoms with Crippen LogP contribution < -0.4 is 0 Å². The van der Waals surface area contributed by atoms with E-state index in [1.807, 2.05) is 12.1 Å². The van der Waals surface area contributed by atoms with E-state index in [4.69, 9.17) is 16.0 Å². The second-order valence-corrected chi connectivity index (χ2v) is 6.24. The summed E-state index contributed by atoms with van der Waals surface area (Å²) in [5.74, 6) is 0.925. The highest BCUT2D eigenvalue weighted by atomic mass is 79.9. The van der Waals surface area contributed by atoms with Crippen molar-refractivity contribution in [3.63, 3.8) is 0 Å². The number of pyridine rings is 1. The van der Waals surface area contributed by atoms with Gasteiger partial charge in [0, 0.05) is 6.20 Å². The molecule has 0 aliphatic heterocycles. The van der Waals surface area contributed by atoms with Gasteiger partial charge in [0.1, 0.15) is 5.15 Å². The molecule has 3 aromatic rings. The number of nitrogens with zero attached hydrogens (tertiary/aromatic N) is 3. The standard InChI is InChI=1S/C11H5BrClN3OS/c12-8-3-2-7(18-8)11-16-15-10(17-11)6-1-4-9(13)14-5-6/h1-5H. The van der Waals surface area contributed by atoms with Crippen molar-refractivity contribution in [2.24, 2.45) is 0 Å². The molecule has 0 radical (unpaired) electrons. The predicted molar refractivity (Wildman–Crippen MR) is 73.6 cm³/mol. The largest absolute Gasteiger partial charge is 0.415 e. The third-order valence-corrected chi connectivity index (χ3v) is 4.02. The molecule has 7 heteroatoms. The summed E-state index contributed by atoms with van der Waals surface area (Å²) in [4.78, 5) is 4.89. The van der Waals surface area contributed by atoms with Crippen LogP contribution in [0, 0.1) is 0 Å². The van der Waals surface area contributed by atoms with Gasteiger partial charge in [-0.1, -0.05) is 11.6 Å². The molecule has 0 aromatic carbocycles. The summed E-state index contributed by atoms with van der Waals surface area (Å²) in [5, 5.41) is 8.44. The minimum Gasteiger partial charge on any atom is -0.415 e. The Morgan fingerprint density at radius 3 is 2.61 bits per heavy atom. The molecule has 0 aliphatic rings. The molecule has 0 spiro atoms. The minimum absolute atomic E-state index is 0.429. The molecule has 90 valence electrons. The molecular weight excluding hydrogens is 338 g/mol. The van der Waals surface area contributed by atoms with E-state index < -0.39 is 0 Å². The van der Waals surface area contributed by atoms with Gasteiger partial charge in [-0.05, 0) is 40.2 Å². The van der Waals surface area contributed by atoms with Gasteiger partial charge in [-0.15, -0.1) is 21.5 Å². The highest BCUT2D eigenvalue weighted by molar-refractivity contribution is 9.11. The van der Waals surface area contributed by atoms with Crippen LogP contribution in [-0.4, -0.2) is 15.2 Å².